The molecule has 1 heterocycles. The molecule has 3 aromatic carbocycles. The first-order chi connectivity index (χ1) is 19.0. The van der Waals surface area contributed by atoms with Crippen LogP contribution in [0.2, 0.25) is 0 Å². The van der Waals surface area contributed by atoms with E-state index < -0.39 is 32.5 Å². The van der Waals surface area contributed by atoms with Crippen molar-refractivity contribution in [3.8, 4) is 5.75 Å². The Labute approximate surface area is 236 Å². The normalized spacial score (nSPS) is 14.6. The Morgan fingerprint density at radius 2 is 1.55 bits per heavy atom. The van der Waals surface area contributed by atoms with E-state index in [1.165, 1.54) is 41.7 Å². The van der Waals surface area contributed by atoms with E-state index in [2.05, 4.69) is 5.32 Å². The van der Waals surface area contributed by atoms with Gasteiger partial charge in [0.2, 0.25) is 15.9 Å². The number of nitrogens with zero attached hydrogens (tertiary/aromatic N) is 2. The van der Waals surface area contributed by atoms with Crippen molar-refractivity contribution in [2.75, 3.05) is 36.4 Å². The van der Waals surface area contributed by atoms with E-state index in [9.17, 15) is 21.6 Å². The molecule has 214 valence electrons. The lowest BCUT2D eigenvalue weighted by molar-refractivity contribution is -0.114. The number of ether oxygens (including phenoxy) is 1. The largest absolute Gasteiger partial charge is 0.495 e. The Balaban J connectivity index is 1.65. The minimum atomic E-state index is -4.10. The second-order valence-corrected chi connectivity index (χ2v) is 13.7. The first-order valence-electron chi connectivity index (χ1n) is 13.2. The molecule has 1 N–H and O–H groups in total. The van der Waals surface area contributed by atoms with Crippen molar-refractivity contribution in [1.82, 2.24) is 4.31 Å². The van der Waals surface area contributed by atoms with Gasteiger partial charge < -0.3 is 10.1 Å². The Morgan fingerprint density at radius 3 is 2.15 bits per heavy atom. The predicted octanol–water partition coefficient (Wildman–Crippen LogP) is 4.83. The van der Waals surface area contributed by atoms with E-state index >= 15 is 0 Å². The fourth-order valence-electron chi connectivity index (χ4n) is 4.58. The fraction of sp³-hybridized carbons (Fsp3) is 0.345. The van der Waals surface area contributed by atoms with Crippen molar-refractivity contribution in [3.63, 3.8) is 0 Å². The van der Waals surface area contributed by atoms with Gasteiger partial charge in [-0.25, -0.2) is 16.8 Å². The van der Waals surface area contributed by atoms with Crippen LogP contribution in [0, 0.1) is 0 Å². The van der Waals surface area contributed by atoms with E-state index in [4.69, 9.17) is 4.74 Å². The second-order valence-electron chi connectivity index (χ2n) is 9.95. The third-order valence-electron chi connectivity index (χ3n) is 6.86. The first-order valence-corrected chi connectivity index (χ1v) is 16.1. The summed E-state index contributed by atoms with van der Waals surface area (Å²) < 4.78 is 61.6. The van der Waals surface area contributed by atoms with Crippen LogP contribution >= 0.6 is 0 Å². The number of amides is 1. The molecule has 1 aliphatic rings. The number of rotatable bonds is 10. The molecule has 1 saturated heterocycles. The zero-order valence-electron chi connectivity index (χ0n) is 22.9. The van der Waals surface area contributed by atoms with Crippen LogP contribution in [0.1, 0.15) is 44.6 Å². The van der Waals surface area contributed by atoms with Crippen molar-refractivity contribution in [1.29, 1.82) is 0 Å². The zero-order valence-corrected chi connectivity index (χ0v) is 24.5. The van der Waals surface area contributed by atoms with E-state index in [1.807, 2.05) is 26.0 Å². The maximum Gasteiger partial charge on any atom is 0.264 e. The summed E-state index contributed by atoms with van der Waals surface area (Å²) in [7, 11) is -6.45. The third-order valence-corrected chi connectivity index (χ3v) is 10.5. The monoisotopic (exact) mass is 585 g/mol. The van der Waals surface area contributed by atoms with Gasteiger partial charge in [0.15, 0.2) is 0 Å². The number of carbonyl (C=O) groups excluding carboxylic acids is 1. The van der Waals surface area contributed by atoms with Crippen molar-refractivity contribution >= 4 is 37.3 Å². The lowest BCUT2D eigenvalue weighted by Crippen LogP contribution is -2.38. The third kappa shape index (κ3) is 6.48. The highest BCUT2D eigenvalue weighted by Gasteiger charge is 2.29. The lowest BCUT2D eigenvalue weighted by atomic mass is 10.0. The molecule has 11 heteroatoms. The van der Waals surface area contributed by atoms with Gasteiger partial charge in [-0.05, 0) is 66.8 Å². The molecule has 0 atom stereocenters. The quantitative estimate of drug-likeness (QED) is 0.365. The van der Waals surface area contributed by atoms with Gasteiger partial charge in [-0.1, -0.05) is 50.6 Å². The molecule has 3 aromatic rings. The average Bonchev–Trinajstić information content (AvgIpc) is 2.96. The summed E-state index contributed by atoms with van der Waals surface area (Å²) in [5.41, 5.74) is 1.50. The molecule has 4 rings (SSSR count). The van der Waals surface area contributed by atoms with Gasteiger partial charge >= 0.3 is 0 Å². The Bertz CT molecular complexity index is 1530. The Kier molecular flexibility index (Phi) is 9.17. The SMILES string of the molecule is COc1ccc(S(=O)(=O)N2CCCCC2)cc1NC(=O)CN(c1ccc(C(C)C)cc1)S(=O)(=O)c1ccccc1. The number of hydrogen-bond donors (Lipinski definition) is 1. The summed E-state index contributed by atoms with van der Waals surface area (Å²) >= 11 is 0. The van der Waals surface area contributed by atoms with Crippen molar-refractivity contribution < 1.29 is 26.4 Å². The second kappa shape index (κ2) is 12.4. The minimum absolute atomic E-state index is 0.0311. The number of sulfonamides is 2. The number of anilines is 2. The van der Waals surface area contributed by atoms with E-state index in [0.717, 1.165) is 29.1 Å². The van der Waals surface area contributed by atoms with E-state index in [0.29, 0.717) is 18.8 Å². The van der Waals surface area contributed by atoms with E-state index in [1.54, 1.807) is 30.3 Å². The molecule has 0 unspecified atom stereocenters. The minimum Gasteiger partial charge on any atom is -0.495 e. The van der Waals surface area contributed by atoms with Crippen molar-refractivity contribution in [2.24, 2.45) is 0 Å². The molecular formula is C29H35N3O6S2. The van der Waals surface area contributed by atoms with Gasteiger partial charge in [0.25, 0.3) is 10.0 Å². The van der Waals surface area contributed by atoms with Crippen molar-refractivity contribution in [2.45, 2.75) is 48.8 Å². The number of carbonyl (C=O) groups is 1. The van der Waals surface area contributed by atoms with Crippen LogP contribution in [0.3, 0.4) is 0 Å². The van der Waals surface area contributed by atoms with Crippen LogP contribution in [0.5, 0.6) is 5.75 Å². The van der Waals surface area contributed by atoms with Crippen LogP contribution in [0.15, 0.2) is 82.6 Å². The van der Waals surface area contributed by atoms with Gasteiger partial charge in [0.1, 0.15) is 12.3 Å². The van der Waals surface area contributed by atoms with Gasteiger partial charge in [0.05, 0.1) is 28.3 Å². The smallest absolute Gasteiger partial charge is 0.264 e. The number of piperidine rings is 1. The Hall–Kier alpha value is -3.41. The lowest BCUT2D eigenvalue weighted by Gasteiger charge is -2.26. The Morgan fingerprint density at radius 1 is 0.900 bits per heavy atom. The highest BCUT2D eigenvalue weighted by atomic mass is 32.2. The van der Waals surface area contributed by atoms with E-state index in [-0.39, 0.29) is 27.1 Å². The topological polar surface area (TPSA) is 113 Å². The fourth-order valence-corrected chi connectivity index (χ4v) is 7.57. The number of nitrogens with one attached hydrogen (secondary N) is 1. The summed E-state index contributed by atoms with van der Waals surface area (Å²) in [6.45, 7) is 4.42. The van der Waals surface area contributed by atoms with Crippen LogP contribution in [-0.2, 0) is 24.8 Å². The summed E-state index contributed by atoms with van der Waals surface area (Å²) in [6.07, 6.45) is 2.57. The number of hydrogen-bond acceptors (Lipinski definition) is 6. The molecular weight excluding hydrogens is 550 g/mol. The van der Waals surface area contributed by atoms with Crippen LogP contribution in [0.25, 0.3) is 0 Å². The summed E-state index contributed by atoms with van der Waals surface area (Å²) in [4.78, 5) is 13.4. The van der Waals surface area contributed by atoms with Crippen LogP contribution in [0.4, 0.5) is 11.4 Å². The van der Waals surface area contributed by atoms with Crippen LogP contribution < -0.4 is 14.4 Å². The average molecular weight is 586 g/mol. The molecule has 40 heavy (non-hydrogen) atoms. The molecule has 0 bridgehead atoms. The van der Waals surface area contributed by atoms with Gasteiger partial charge in [-0.2, -0.15) is 4.31 Å². The molecule has 0 spiro atoms. The highest BCUT2D eigenvalue weighted by molar-refractivity contribution is 7.92. The maximum atomic E-state index is 13.7. The summed E-state index contributed by atoms with van der Waals surface area (Å²) in [6, 6.07) is 19.2. The molecule has 1 aliphatic heterocycles. The first kappa shape index (κ1) is 29.6. The predicted molar refractivity (Wildman–Crippen MR) is 156 cm³/mol. The van der Waals surface area contributed by atoms with Gasteiger partial charge in [-0.15, -0.1) is 0 Å². The molecule has 0 aliphatic carbocycles. The molecule has 0 radical (unpaired) electrons. The summed E-state index contributed by atoms with van der Waals surface area (Å²) in [5.74, 6) is -0.152. The maximum absolute atomic E-state index is 13.7. The van der Waals surface area contributed by atoms with Crippen LogP contribution in [-0.4, -0.2) is 53.8 Å². The number of benzene rings is 3. The standard InChI is InChI=1S/C29H35N3O6S2/c1-22(2)23-12-14-24(15-13-23)32(40(36,37)25-10-6-4-7-11-25)21-29(33)30-27-20-26(16-17-28(27)38-3)39(34,35)31-18-8-5-9-19-31/h4,6-7,10-17,20,22H,5,8-9,18-19,21H2,1-3H3,(H,30,33). The molecule has 1 fully saturated rings. The molecule has 0 aromatic heterocycles. The molecule has 9 nitrogen and oxygen atoms in total. The van der Waals surface area contributed by atoms with Gasteiger partial charge in [0, 0.05) is 13.1 Å². The highest BCUT2D eigenvalue weighted by Crippen LogP contribution is 2.31. The molecule has 1 amide bonds. The molecule has 0 saturated carbocycles. The van der Waals surface area contributed by atoms with Gasteiger partial charge in [-0.3, -0.25) is 9.10 Å². The number of methoxy groups -OCH3 is 1. The zero-order chi connectivity index (χ0) is 28.9. The summed E-state index contributed by atoms with van der Waals surface area (Å²) in [5, 5.41) is 2.68. The van der Waals surface area contributed by atoms with Crippen molar-refractivity contribution in [3.05, 3.63) is 78.4 Å².